The van der Waals surface area contributed by atoms with Gasteiger partial charge in [0.1, 0.15) is 0 Å². The number of aromatic nitrogens is 2. The minimum Gasteiger partial charge on any atom is -0.335 e. The molecule has 0 aliphatic rings. The molecule has 2 aromatic rings. The zero-order chi connectivity index (χ0) is 12.3. The van der Waals surface area contributed by atoms with Crippen LogP contribution in [0.1, 0.15) is 15.4 Å². The third-order valence-electron chi connectivity index (χ3n) is 2.17. The predicted molar refractivity (Wildman–Crippen MR) is 67.2 cm³/mol. The largest absolute Gasteiger partial charge is 0.335 e. The predicted octanol–water partition coefficient (Wildman–Crippen LogP) is 2.46. The molecule has 0 saturated carbocycles. The third-order valence-corrected chi connectivity index (χ3v) is 3.23. The Labute approximate surface area is 108 Å². The Hall–Kier alpha value is -1.46. The van der Waals surface area contributed by atoms with Crippen LogP contribution in [0.3, 0.4) is 0 Å². The summed E-state index contributed by atoms with van der Waals surface area (Å²) in [6.07, 6.45) is 0. The van der Waals surface area contributed by atoms with E-state index in [9.17, 15) is 4.79 Å². The summed E-state index contributed by atoms with van der Waals surface area (Å²) >= 11 is 7.23. The van der Waals surface area contributed by atoms with Crippen LogP contribution in [-0.2, 0) is 6.54 Å². The summed E-state index contributed by atoms with van der Waals surface area (Å²) < 4.78 is 0. The van der Waals surface area contributed by atoms with E-state index >= 15 is 0 Å². The van der Waals surface area contributed by atoms with E-state index in [1.165, 1.54) is 0 Å². The molecule has 1 amide bonds. The summed E-state index contributed by atoms with van der Waals surface area (Å²) in [6, 6.07) is 7.08. The number of hydrogen-bond donors (Lipinski definition) is 0. The van der Waals surface area contributed by atoms with Crippen LogP contribution in [0.15, 0.2) is 29.6 Å². The van der Waals surface area contributed by atoms with Gasteiger partial charge in [0, 0.05) is 11.9 Å². The highest BCUT2D eigenvalue weighted by atomic mass is 35.5. The Balaban J connectivity index is 2.07. The van der Waals surface area contributed by atoms with Gasteiger partial charge in [0.15, 0.2) is 10.8 Å². The average molecular weight is 268 g/mol. The second-order valence-electron chi connectivity index (χ2n) is 3.48. The quantitative estimate of drug-likeness (QED) is 0.858. The molecule has 6 heteroatoms. The van der Waals surface area contributed by atoms with Crippen molar-refractivity contribution in [1.29, 1.82) is 0 Å². The molecule has 0 saturated heterocycles. The van der Waals surface area contributed by atoms with E-state index in [2.05, 4.69) is 10.2 Å². The minimum absolute atomic E-state index is 0.164. The van der Waals surface area contributed by atoms with Crippen molar-refractivity contribution in [3.05, 3.63) is 45.4 Å². The summed E-state index contributed by atoms with van der Waals surface area (Å²) in [5.41, 5.74) is 0.299. The fraction of sp³-hybridized carbons (Fsp3) is 0.182. The van der Waals surface area contributed by atoms with E-state index in [0.717, 1.165) is 4.88 Å². The van der Waals surface area contributed by atoms with Crippen LogP contribution in [0, 0.1) is 0 Å². The van der Waals surface area contributed by atoms with Gasteiger partial charge in [0.05, 0.1) is 6.54 Å². The van der Waals surface area contributed by atoms with Gasteiger partial charge in [-0.3, -0.25) is 4.79 Å². The van der Waals surface area contributed by atoms with Gasteiger partial charge in [0.2, 0.25) is 0 Å². The van der Waals surface area contributed by atoms with Crippen LogP contribution in [0.5, 0.6) is 0 Å². The third kappa shape index (κ3) is 3.01. The fourth-order valence-corrected chi connectivity index (χ4v) is 2.19. The molecule has 0 spiro atoms. The van der Waals surface area contributed by atoms with Crippen molar-refractivity contribution in [2.24, 2.45) is 0 Å². The summed E-state index contributed by atoms with van der Waals surface area (Å²) in [4.78, 5) is 14.7. The maximum absolute atomic E-state index is 12.0. The maximum atomic E-state index is 12.0. The number of nitrogens with zero attached hydrogens (tertiary/aromatic N) is 3. The standard InChI is InChI=1S/C11H10ClN3OS/c1-15(7-8-3-2-6-17-8)11(16)9-4-5-10(12)14-13-9/h2-6H,7H2,1H3. The summed E-state index contributed by atoms with van der Waals surface area (Å²) in [7, 11) is 1.73. The zero-order valence-corrected chi connectivity index (χ0v) is 10.7. The monoisotopic (exact) mass is 267 g/mol. The van der Waals surface area contributed by atoms with Gasteiger partial charge < -0.3 is 4.90 Å². The van der Waals surface area contributed by atoms with Crippen LogP contribution in [-0.4, -0.2) is 28.1 Å². The van der Waals surface area contributed by atoms with Crippen LogP contribution in [0.2, 0.25) is 5.15 Å². The number of halogens is 1. The summed E-state index contributed by atoms with van der Waals surface area (Å²) in [5, 5.41) is 9.67. The van der Waals surface area contributed by atoms with Gasteiger partial charge in [-0.2, -0.15) is 0 Å². The molecule has 0 fully saturated rings. The lowest BCUT2D eigenvalue weighted by Crippen LogP contribution is -2.26. The number of carbonyl (C=O) groups is 1. The smallest absolute Gasteiger partial charge is 0.274 e. The van der Waals surface area contributed by atoms with Crippen molar-refractivity contribution >= 4 is 28.8 Å². The van der Waals surface area contributed by atoms with Crippen LogP contribution >= 0.6 is 22.9 Å². The average Bonchev–Trinajstić information content (AvgIpc) is 2.82. The molecule has 0 unspecified atom stereocenters. The van der Waals surface area contributed by atoms with Gasteiger partial charge >= 0.3 is 0 Å². The van der Waals surface area contributed by atoms with Gasteiger partial charge in [-0.15, -0.1) is 21.5 Å². The van der Waals surface area contributed by atoms with Crippen LogP contribution in [0.4, 0.5) is 0 Å². The normalized spacial score (nSPS) is 10.2. The SMILES string of the molecule is CN(Cc1cccs1)C(=O)c1ccc(Cl)nn1. The van der Waals surface area contributed by atoms with Crippen LogP contribution < -0.4 is 0 Å². The molecule has 2 aromatic heterocycles. The highest BCUT2D eigenvalue weighted by Gasteiger charge is 2.14. The number of hydrogen-bond acceptors (Lipinski definition) is 4. The Morgan fingerprint density at radius 2 is 2.24 bits per heavy atom. The number of amides is 1. The molecule has 2 rings (SSSR count). The molecule has 0 aliphatic heterocycles. The van der Waals surface area contributed by atoms with Gasteiger partial charge in [-0.05, 0) is 23.6 Å². The van der Waals surface area contributed by atoms with E-state index in [0.29, 0.717) is 12.2 Å². The number of thiophene rings is 1. The molecule has 2 heterocycles. The fourth-order valence-electron chi connectivity index (χ4n) is 1.33. The molecule has 0 N–H and O–H groups in total. The minimum atomic E-state index is -0.164. The van der Waals surface area contributed by atoms with Crippen molar-refractivity contribution in [2.75, 3.05) is 7.05 Å². The Morgan fingerprint density at radius 1 is 1.41 bits per heavy atom. The topological polar surface area (TPSA) is 46.1 Å². The van der Waals surface area contributed by atoms with Crippen LogP contribution in [0.25, 0.3) is 0 Å². The lowest BCUT2D eigenvalue weighted by molar-refractivity contribution is 0.0779. The highest BCUT2D eigenvalue weighted by Crippen LogP contribution is 2.12. The first-order valence-corrected chi connectivity index (χ1v) is 6.19. The van der Waals surface area contributed by atoms with Crippen molar-refractivity contribution in [3.8, 4) is 0 Å². The van der Waals surface area contributed by atoms with E-state index < -0.39 is 0 Å². The first-order chi connectivity index (χ1) is 8.16. The highest BCUT2D eigenvalue weighted by molar-refractivity contribution is 7.09. The van der Waals surface area contributed by atoms with Crippen molar-refractivity contribution in [2.45, 2.75) is 6.54 Å². The molecule has 0 aromatic carbocycles. The lowest BCUT2D eigenvalue weighted by Gasteiger charge is -2.15. The molecule has 0 bridgehead atoms. The maximum Gasteiger partial charge on any atom is 0.274 e. The van der Waals surface area contributed by atoms with E-state index in [-0.39, 0.29) is 11.1 Å². The molecule has 0 aliphatic carbocycles. The number of rotatable bonds is 3. The first-order valence-electron chi connectivity index (χ1n) is 4.94. The molecule has 0 radical (unpaired) electrons. The molecule has 17 heavy (non-hydrogen) atoms. The summed E-state index contributed by atoms with van der Waals surface area (Å²) in [6.45, 7) is 0.570. The van der Waals surface area contributed by atoms with Crippen molar-refractivity contribution in [3.63, 3.8) is 0 Å². The molecule has 88 valence electrons. The molecule has 4 nitrogen and oxygen atoms in total. The van der Waals surface area contributed by atoms with E-state index in [4.69, 9.17) is 11.6 Å². The van der Waals surface area contributed by atoms with Gasteiger partial charge in [-0.1, -0.05) is 17.7 Å². The van der Waals surface area contributed by atoms with Crippen molar-refractivity contribution < 1.29 is 4.79 Å². The Kier molecular flexibility index (Phi) is 3.71. The number of carbonyl (C=O) groups excluding carboxylic acids is 1. The zero-order valence-electron chi connectivity index (χ0n) is 9.13. The van der Waals surface area contributed by atoms with Gasteiger partial charge in [-0.25, -0.2) is 0 Å². The Morgan fingerprint density at radius 3 is 2.82 bits per heavy atom. The summed E-state index contributed by atoms with van der Waals surface area (Å²) in [5.74, 6) is -0.164. The second-order valence-corrected chi connectivity index (χ2v) is 4.90. The van der Waals surface area contributed by atoms with E-state index in [1.807, 2.05) is 17.5 Å². The second kappa shape index (κ2) is 5.25. The Bertz CT molecular complexity index is 498. The first kappa shape index (κ1) is 12.0. The van der Waals surface area contributed by atoms with Gasteiger partial charge in [0.25, 0.3) is 5.91 Å². The molecular weight excluding hydrogens is 258 g/mol. The van der Waals surface area contributed by atoms with Crippen molar-refractivity contribution in [1.82, 2.24) is 15.1 Å². The lowest BCUT2D eigenvalue weighted by atomic mass is 10.3. The molecule has 0 atom stereocenters. The molecular formula is C11H10ClN3OS. The van der Waals surface area contributed by atoms with E-state index in [1.54, 1.807) is 35.4 Å².